The van der Waals surface area contributed by atoms with Crippen molar-refractivity contribution in [2.24, 2.45) is 4.99 Å². The predicted molar refractivity (Wildman–Crippen MR) is 152 cm³/mol. The number of hydrogen-bond acceptors (Lipinski definition) is 8. The standard InChI is InChI=1S/C30H26N2O5S2/c1-3-36-23-15-18(10-13-22(23)37-17-26(33)35-2)16-25-29(34)32-28(24-9-6-14-38-24)21-12-11-19-7-4-5-8-20(19)27(21)31-30(32)39-25/h4-10,13-16,28H,3,11-12,17H2,1-2H3/b25-16-/t28-/m1/s1. The van der Waals surface area contributed by atoms with E-state index in [1.165, 1.54) is 29.6 Å². The Balaban J connectivity index is 1.46. The molecule has 1 aliphatic carbocycles. The number of esters is 1. The second kappa shape index (κ2) is 10.7. The summed E-state index contributed by atoms with van der Waals surface area (Å²) in [4.78, 5) is 32.3. The number of thiazole rings is 1. The van der Waals surface area contributed by atoms with Crippen molar-refractivity contribution in [3.63, 3.8) is 0 Å². The first-order chi connectivity index (χ1) is 19.1. The summed E-state index contributed by atoms with van der Waals surface area (Å²) in [5, 5.41) is 2.06. The monoisotopic (exact) mass is 558 g/mol. The Kier molecular flexibility index (Phi) is 6.93. The highest BCUT2D eigenvalue weighted by molar-refractivity contribution is 7.10. The second-order valence-electron chi connectivity index (χ2n) is 9.13. The molecule has 2 aromatic carbocycles. The van der Waals surface area contributed by atoms with Crippen molar-refractivity contribution in [1.82, 2.24) is 4.57 Å². The molecule has 2 aromatic heterocycles. The summed E-state index contributed by atoms with van der Waals surface area (Å²) in [5.41, 5.74) is 5.36. The summed E-state index contributed by atoms with van der Waals surface area (Å²) in [7, 11) is 1.31. The van der Waals surface area contributed by atoms with Crippen molar-refractivity contribution >= 4 is 40.4 Å². The third-order valence-corrected chi connectivity index (χ3v) is 8.73. The Bertz CT molecular complexity index is 1770. The van der Waals surface area contributed by atoms with E-state index in [4.69, 9.17) is 14.5 Å². The molecule has 0 radical (unpaired) electrons. The molecule has 9 heteroatoms. The molecule has 2 aliphatic rings. The van der Waals surface area contributed by atoms with Crippen LogP contribution < -0.4 is 24.4 Å². The fourth-order valence-electron chi connectivity index (χ4n) is 5.07. The first-order valence-electron chi connectivity index (χ1n) is 12.7. The van der Waals surface area contributed by atoms with Gasteiger partial charge in [0.2, 0.25) is 0 Å². The number of allylic oxidation sites excluding steroid dienone is 1. The van der Waals surface area contributed by atoms with Crippen LogP contribution in [0.1, 0.15) is 41.0 Å². The molecular weight excluding hydrogens is 532 g/mol. The molecule has 0 amide bonds. The molecule has 0 unspecified atom stereocenters. The zero-order chi connectivity index (χ0) is 26.9. The van der Waals surface area contributed by atoms with Gasteiger partial charge in [0.15, 0.2) is 22.9 Å². The highest BCUT2D eigenvalue weighted by Gasteiger charge is 2.33. The van der Waals surface area contributed by atoms with Gasteiger partial charge in [-0.3, -0.25) is 9.36 Å². The van der Waals surface area contributed by atoms with Crippen molar-refractivity contribution < 1.29 is 19.0 Å². The molecular formula is C30H26N2O5S2. The number of thiophene rings is 1. The number of methoxy groups -OCH3 is 1. The van der Waals surface area contributed by atoms with Crippen LogP contribution in [0.15, 0.2) is 75.3 Å². The zero-order valence-electron chi connectivity index (χ0n) is 21.5. The molecule has 0 N–H and O–H groups in total. The lowest BCUT2D eigenvalue weighted by atomic mass is 9.85. The average Bonchev–Trinajstić information content (AvgIpc) is 3.60. The molecule has 0 bridgehead atoms. The van der Waals surface area contributed by atoms with Gasteiger partial charge in [0, 0.05) is 10.4 Å². The predicted octanol–water partition coefficient (Wildman–Crippen LogP) is 4.33. The highest BCUT2D eigenvalue weighted by Crippen LogP contribution is 2.42. The van der Waals surface area contributed by atoms with Crippen molar-refractivity contribution in [2.75, 3.05) is 20.3 Å². The Hall–Kier alpha value is -3.95. The van der Waals surface area contributed by atoms with Gasteiger partial charge in [-0.1, -0.05) is 47.7 Å². The molecule has 7 nitrogen and oxygen atoms in total. The van der Waals surface area contributed by atoms with E-state index in [1.807, 2.05) is 41.8 Å². The summed E-state index contributed by atoms with van der Waals surface area (Å²) in [6.07, 6.45) is 3.66. The molecule has 39 heavy (non-hydrogen) atoms. The summed E-state index contributed by atoms with van der Waals surface area (Å²) < 4.78 is 18.4. The lowest BCUT2D eigenvalue weighted by Crippen LogP contribution is -2.38. The Labute approximate surface area is 232 Å². The smallest absolute Gasteiger partial charge is 0.343 e. The Morgan fingerprint density at radius 1 is 1.10 bits per heavy atom. The molecule has 1 aliphatic heterocycles. The van der Waals surface area contributed by atoms with Gasteiger partial charge in [0.05, 0.1) is 30.0 Å². The maximum absolute atomic E-state index is 13.9. The normalized spacial score (nSPS) is 16.2. The van der Waals surface area contributed by atoms with Gasteiger partial charge in [-0.05, 0) is 66.1 Å². The van der Waals surface area contributed by atoms with Gasteiger partial charge in [-0.2, -0.15) is 0 Å². The van der Waals surface area contributed by atoms with E-state index < -0.39 is 5.97 Å². The fraction of sp³-hybridized carbons (Fsp3) is 0.233. The summed E-state index contributed by atoms with van der Waals surface area (Å²) >= 11 is 3.06. The van der Waals surface area contributed by atoms with Gasteiger partial charge < -0.3 is 14.2 Å². The van der Waals surface area contributed by atoms with Gasteiger partial charge >= 0.3 is 5.97 Å². The molecule has 0 fully saturated rings. The number of carbonyl (C=O) groups is 1. The maximum Gasteiger partial charge on any atom is 0.343 e. The number of benzene rings is 2. The Morgan fingerprint density at radius 2 is 1.97 bits per heavy atom. The quantitative estimate of drug-likeness (QED) is 0.316. The molecule has 1 atom stereocenters. The van der Waals surface area contributed by atoms with Gasteiger partial charge in [0.1, 0.15) is 0 Å². The maximum atomic E-state index is 13.9. The van der Waals surface area contributed by atoms with Crippen LogP contribution in [0, 0.1) is 0 Å². The van der Waals surface area contributed by atoms with E-state index in [0.29, 0.717) is 27.4 Å². The topological polar surface area (TPSA) is 79.1 Å². The number of hydrogen-bond donors (Lipinski definition) is 0. The van der Waals surface area contributed by atoms with E-state index in [-0.39, 0.29) is 18.2 Å². The highest BCUT2D eigenvalue weighted by atomic mass is 32.1. The van der Waals surface area contributed by atoms with Crippen LogP contribution >= 0.6 is 22.7 Å². The van der Waals surface area contributed by atoms with Gasteiger partial charge in [-0.15, -0.1) is 11.3 Å². The number of fused-ring (bicyclic) bond motifs is 3. The van der Waals surface area contributed by atoms with E-state index in [1.54, 1.807) is 17.4 Å². The number of ether oxygens (including phenoxy) is 3. The minimum atomic E-state index is -0.478. The van der Waals surface area contributed by atoms with Crippen LogP contribution in [0.25, 0.3) is 11.8 Å². The third-order valence-electron chi connectivity index (χ3n) is 6.82. The molecule has 0 spiro atoms. The minimum absolute atomic E-state index is 0.0634. The molecule has 4 aromatic rings. The molecule has 198 valence electrons. The van der Waals surface area contributed by atoms with Crippen molar-refractivity contribution in [3.8, 4) is 11.5 Å². The second-order valence-corrected chi connectivity index (χ2v) is 11.1. The minimum Gasteiger partial charge on any atom is -0.490 e. The Morgan fingerprint density at radius 3 is 2.77 bits per heavy atom. The van der Waals surface area contributed by atoms with Crippen molar-refractivity contribution in [3.05, 3.63) is 107 Å². The van der Waals surface area contributed by atoms with Crippen LogP contribution in [-0.4, -0.2) is 30.9 Å². The first kappa shape index (κ1) is 25.3. The summed E-state index contributed by atoms with van der Waals surface area (Å²) in [6, 6.07) is 17.8. The van der Waals surface area contributed by atoms with Crippen LogP contribution in [0.2, 0.25) is 0 Å². The average molecular weight is 559 g/mol. The third kappa shape index (κ3) is 4.72. The largest absolute Gasteiger partial charge is 0.490 e. The molecule has 0 saturated heterocycles. The van der Waals surface area contributed by atoms with E-state index in [9.17, 15) is 9.59 Å². The number of aryl methyl sites for hydroxylation is 1. The van der Waals surface area contributed by atoms with Crippen LogP contribution in [0.4, 0.5) is 0 Å². The van der Waals surface area contributed by atoms with Gasteiger partial charge in [-0.25, -0.2) is 9.79 Å². The van der Waals surface area contributed by atoms with Crippen LogP contribution in [0.5, 0.6) is 11.5 Å². The van der Waals surface area contributed by atoms with E-state index >= 15 is 0 Å². The number of aromatic nitrogens is 1. The summed E-state index contributed by atoms with van der Waals surface area (Å²) in [5.74, 6) is 0.449. The molecule has 3 heterocycles. The summed E-state index contributed by atoms with van der Waals surface area (Å²) in [6.45, 7) is 2.08. The van der Waals surface area contributed by atoms with E-state index in [2.05, 4.69) is 34.4 Å². The number of nitrogens with zero attached hydrogens (tertiary/aromatic N) is 2. The van der Waals surface area contributed by atoms with Crippen LogP contribution in [-0.2, 0) is 16.0 Å². The molecule has 0 saturated carbocycles. The lowest BCUT2D eigenvalue weighted by Gasteiger charge is -2.30. The zero-order valence-corrected chi connectivity index (χ0v) is 23.1. The van der Waals surface area contributed by atoms with Crippen LogP contribution in [0.3, 0.4) is 0 Å². The SMILES string of the molecule is CCOc1cc(/C=c2\sc3n(c2=O)[C@@H](c2cccs2)C2=C(N=3)c3ccccc3CC2)ccc1OCC(=O)OC. The number of rotatable bonds is 7. The number of carbonyl (C=O) groups excluding carboxylic acids is 1. The van der Waals surface area contributed by atoms with Crippen molar-refractivity contribution in [2.45, 2.75) is 25.8 Å². The van der Waals surface area contributed by atoms with E-state index in [0.717, 1.165) is 34.5 Å². The lowest BCUT2D eigenvalue weighted by molar-refractivity contribution is -0.142. The van der Waals surface area contributed by atoms with Crippen molar-refractivity contribution in [1.29, 1.82) is 0 Å². The molecule has 6 rings (SSSR count). The first-order valence-corrected chi connectivity index (χ1v) is 14.4. The fourth-order valence-corrected chi connectivity index (χ4v) is 6.92. The van der Waals surface area contributed by atoms with Gasteiger partial charge in [0.25, 0.3) is 5.56 Å².